The van der Waals surface area contributed by atoms with Crippen molar-refractivity contribution in [1.29, 1.82) is 0 Å². The van der Waals surface area contributed by atoms with Crippen molar-refractivity contribution >= 4 is 38.2 Å². The Balaban J connectivity index is 1.55. The molecular weight excluding hydrogens is 630 g/mol. The van der Waals surface area contributed by atoms with Gasteiger partial charge in [0.05, 0.1) is 33.5 Å². The zero-order valence-corrected chi connectivity index (χ0v) is 25.8. The number of fused-ring (bicyclic) bond motifs is 7. The molecule has 3 aromatic carbocycles. The van der Waals surface area contributed by atoms with Crippen LogP contribution in [0.3, 0.4) is 0 Å². The van der Waals surface area contributed by atoms with E-state index in [1.807, 2.05) is 0 Å². The standard InChI is InChI=1S/C34H31NO13/c1-43-21-9-15(4-5-18(21)37)26-27-17-11-23(45-3)24(47-34-32(41)31(40)30(39)25(13-36)48-34)12-20(17)46-33(42)29(27)35-7-6-14-8-19(38)22(44-2)10-16(14)28(26)35/h4-12,25,30-32,34,36-41H,13H2,1-3H3/t25-,30-,31+,32-,34-/m1/s1. The van der Waals surface area contributed by atoms with E-state index in [2.05, 4.69) is 0 Å². The number of rotatable bonds is 7. The van der Waals surface area contributed by atoms with Crippen LogP contribution >= 0.6 is 0 Å². The van der Waals surface area contributed by atoms with E-state index in [-0.39, 0.29) is 45.6 Å². The molecule has 4 heterocycles. The Morgan fingerprint density at radius 2 is 1.48 bits per heavy atom. The third kappa shape index (κ3) is 4.72. The third-order valence-corrected chi connectivity index (χ3v) is 8.71. The molecule has 14 nitrogen and oxygen atoms in total. The number of hydrogen-bond acceptors (Lipinski definition) is 13. The van der Waals surface area contributed by atoms with Crippen LogP contribution < -0.4 is 24.6 Å². The van der Waals surface area contributed by atoms with Gasteiger partial charge in [-0.25, -0.2) is 4.79 Å². The first-order chi connectivity index (χ1) is 23.1. The monoisotopic (exact) mass is 661 g/mol. The predicted octanol–water partition coefficient (Wildman–Crippen LogP) is 2.63. The van der Waals surface area contributed by atoms with Crippen molar-refractivity contribution in [3.05, 3.63) is 65.1 Å². The number of phenolic OH excluding ortho intramolecular Hbond substituents is 2. The number of aliphatic hydroxyl groups excluding tert-OH is 4. The van der Waals surface area contributed by atoms with Crippen LogP contribution in [0.2, 0.25) is 0 Å². The molecule has 1 aliphatic rings. The SMILES string of the molecule is COc1cc(-c2c3c4cc(OC)c(O[C@@H]5O[C@H](CO)[C@@H](O)[C@H](O)[C@H]5O)cc4oc(=O)c3n3ccc4cc(O)c(OC)cc4c23)ccc1O. The van der Waals surface area contributed by atoms with Gasteiger partial charge in [-0.15, -0.1) is 0 Å². The number of methoxy groups -OCH3 is 3. The Hall–Kier alpha value is -5.25. The van der Waals surface area contributed by atoms with Crippen molar-refractivity contribution in [3.8, 4) is 45.6 Å². The highest BCUT2D eigenvalue weighted by molar-refractivity contribution is 6.22. The van der Waals surface area contributed by atoms with Crippen LogP contribution in [-0.2, 0) is 4.74 Å². The molecular formula is C34H31NO13. The summed E-state index contributed by atoms with van der Waals surface area (Å²) >= 11 is 0. The minimum absolute atomic E-state index is 0.0286. The number of phenols is 2. The molecule has 0 aliphatic carbocycles. The van der Waals surface area contributed by atoms with Crippen LogP contribution in [0.1, 0.15) is 0 Å². The summed E-state index contributed by atoms with van der Waals surface area (Å²) in [5.74, 6) is 0.348. The summed E-state index contributed by atoms with van der Waals surface area (Å²) in [7, 11) is 4.23. The second kappa shape index (κ2) is 11.8. The van der Waals surface area contributed by atoms with E-state index in [9.17, 15) is 35.4 Å². The summed E-state index contributed by atoms with van der Waals surface area (Å²) in [6.45, 7) is -0.653. The number of benzene rings is 3. The number of pyridine rings is 1. The van der Waals surface area contributed by atoms with Gasteiger partial charge >= 0.3 is 5.63 Å². The van der Waals surface area contributed by atoms with Crippen molar-refractivity contribution in [2.75, 3.05) is 27.9 Å². The fourth-order valence-corrected chi connectivity index (χ4v) is 6.34. The van der Waals surface area contributed by atoms with Gasteiger partial charge in [-0.1, -0.05) is 6.07 Å². The molecule has 0 unspecified atom stereocenters. The Bertz CT molecular complexity index is 2270. The third-order valence-electron chi connectivity index (χ3n) is 8.71. The summed E-state index contributed by atoms with van der Waals surface area (Å²) in [5, 5.41) is 63.8. The van der Waals surface area contributed by atoms with E-state index in [0.717, 1.165) is 0 Å². The lowest BCUT2D eigenvalue weighted by atomic mass is 9.97. The average molecular weight is 662 g/mol. The molecule has 14 heteroatoms. The highest BCUT2D eigenvalue weighted by atomic mass is 16.7. The van der Waals surface area contributed by atoms with E-state index in [1.54, 1.807) is 47.0 Å². The molecule has 0 radical (unpaired) electrons. The zero-order valence-electron chi connectivity index (χ0n) is 25.8. The lowest BCUT2D eigenvalue weighted by molar-refractivity contribution is -0.277. The van der Waals surface area contributed by atoms with Crippen LogP contribution in [0.4, 0.5) is 0 Å². The van der Waals surface area contributed by atoms with Crippen LogP contribution in [0.15, 0.2) is 63.9 Å². The fraction of sp³-hybridized carbons (Fsp3) is 0.265. The van der Waals surface area contributed by atoms with Gasteiger partial charge < -0.3 is 63.1 Å². The predicted molar refractivity (Wildman–Crippen MR) is 171 cm³/mol. The topological polar surface area (TPSA) is 202 Å². The first-order valence-corrected chi connectivity index (χ1v) is 14.8. The van der Waals surface area contributed by atoms with Gasteiger partial charge in [0.25, 0.3) is 0 Å². The molecule has 6 aromatic rings. The van der Waals surface area contributed by atoms with Gasteiger partial charge in [-0.3, -0.25) is 0 Å². The fourth-order valence-electron chi connectivity index (χ4n) is 6.34. The Kier molecular flexibility index (Phi) is 7.69. The number of ether oxygens (including phenoxy) is 5. The molecule has 6 N–H and O–H groups in total. The maximum atomic E-state index is 13.9. The molecule has 0 saturated carbocycles. The highest BCUT2D eigenvalue weighted by Crippen LogP contribution is 2.46. The first-order valence-electron chi connectivity index (χ1n) is 14.8. The van der Waals surface area contributed by atoms with Gasteiger partial charge in [0.1, 0.15) is 35.5 Å². The van der Waals surface area contributed by atoms with Gasteiger partial charge in [-0.05, 0) is 47.3 Å². The lowest BCUT2D eigenvalue weighted by Gasteiger charge is -2.39. The molecule has 0 spiro atoms. The Morgan fingerprint density at radius 3 is 2.19 bits per heavy atom. The van der Waals surface area contributed by atoms with Gasteiger partial charge in [0.2, 0.25) is 6.29 Å². The number of aliphatic hydroxyl groups is 4. The van der Waals surface area contributed by atoms with E-state index in [0.29, 0.717) is 38.2 Å². The first kappa shape index (κ1) is 31.4. The lowest BCUT2D eigenvalue weighted by Crippen LogP contribution is -2.60. The number of aromatic nitrogens is 1. The quantitative estimate of drug-likeness (QED) is 0.137. The summed E-state index contributed by atoms with van der Waals surface area (Å²) in [6, 6.07) is 12.7. The molecule has 0 bridgehead atoms. The van der Waals surface area contributed by atoms with E-state index in [4.69, 9.17) is 28.1 Å². The van der Waals surface area contributed by atoms with Crippen molar-refractivity contribution in [1.82, 2.24) is 4.40 Å². The van der Waals surface area contributed by atoms with Crippen LogP contribution in [0.5, 0.6) is 34.5 Å². The number of nitrogens with zero attached hydrogens (tertiary/aromatic N) is 1. The van der Waals surface area contributed by atoms with Crippen LogP contribution in [0, 0.1) is 0 Å². The van der Waals surface area contributed by atoms with Crippen molar-refractivity contribution in [3.63, 3.8) is 0 Å². The second-order valence-electron chi connectivity index (χ2n) is 11.3. The molecule has 250 valence electrons. The molecule has 1 fully saturated rings. The zero-order chi connectivity index (χ0) is 34.0. The normalized spacial score (nSPS) is 21.3. The molecule has 5 atom stereocenters. The van der Waals surface area contributed by atoms with Gasteiger partial charge in [-0.2, -0.15) is 0 Å². The smallest absolute Gasteiger partial charge is 0.361 e. The summed E-state index contributed by atoms with van der Waals surface area (Å²) in [5.41, 5.74) is 1.23. The van der Waals surface area contributed by atoms with E-state index >= 15 is 0 Å². The van der Waals surface area contributed by atoms with E-state index < -0.39 is 42.9 Å². The molecule has 1 saturated heterocycles. The number of aromatic hydroxyl groups is 2. The average Bonchev–Trinajstić information content (AvgIpc) is 3.44. The van der Waals surface area contributed by atoms with Crippen LogP contribution in [-0.4, -0.2) is 93.7 Å². The molecule has 48 heavy (non-hydrogen) atoms. The summed E-state index contributed by atoms with van der Waals surface area (Å²) in [6.07, 6.45) is -6.03. The molecule has 1 aliphatic heterocycles. The molecule has 0 amide bonds. The minimum atomic E-state index is -1.70. The second-order valence-corrected chi connectivity index (χ2v) is 11.3. The Morgan fingerprint density at radius 1 is 0.771 bits per heavy atom. The minimum Gasteiger partial charge on any atom is -0.504 e. The maximum absolute atomic E-state index is 13.9. The molecule has 3 aromatic heterocycles. The van der Waals surface area contributed by atoms with Crippen molar-refractivity contribution in [2.45, 2.75) is 30.7 Å². The van der Waals surface area contributed by atoms with Gasteiger partial charge in [0.15, 0.2) is 34.5 Å². The summed E-state index contributed by atoms with van der Waals surface area (Å²) < 4.78 is 35.4. The van der Waals surface area contributed by atoms with Crippen LogP contribution in [0.25, 0.3) is 49.3 Å². The molecule has 7 rings (SSSR count). The van der Waals surface area contributed by atoms with Gasteiger partial charge in [0, 0.05) is 34.0 Å². The van der Waals surface area contributed by atoms with Crippen molar-refractivity contribution in [2.24, 2.45) is 0 Å². The number of hydrogen-bond donors (Lipinski definition) is 6. The Labute approximate surface area is 270 Å². The largest absolute Gasteiger partial charge is 0.504 e. The highest BCUT2D eigenvalue weighted by Gasteiger charge is 2.45. The van der Waals surface area contributed by atoms with E-state index in [1.165, 1.54) is 33.5 Å². The summed E-state index contributed by atoms with van der Waals surface area (Å²) in [4.78, 5) is 13.9. The van der Waals surface area contributed by atoms with Crippen molar-refractivity contribution < 1.29 is 58.7 Å². The maximum Gasteiger partial charge on any atom is 0.361 e.